The number of sulfonamides is 1. The van der Waals surface area contributed by atoms with Crippen LogP contribution >= 0.6 is 11.3 Å². The fraction of sp³-hybridized carbons (Fsp3) is 0.444. The molecule has 6 nitrogen and oxygen atoms in total. The number of carbonyl (C=O) groups excluding carboxylic acids is 1. The van der Waals surface area contributed by atoms with Crippen molar-refractivity contribution in [3.63, 3.8) is 0 Å². The van der Waals surface area contributed by atoms with Crippen LogP contribution in [0.1, 0.15) is 32.1 Å². The normalized spacial score (nSPS) is 26.4. The van der Waals surface area contributed by atoms with Crippen LogP contribution in [0.25, 0.3) is 0 Å². The largest absolute Gasteiger partial charge is 0.301 e. The summed E-state index contributed by atoms with van der Waals surface area (Å²) in [5, 5.41) is 5.07. The minimum Gasteiger partial charge on any atom is -0.301 e. The van der Waals surface area contributed by atoms with Crippen molar-refractivity contribution in [1.82, 2.24) is 9.29 Å². The average molecular weight is 392 g/mol. The molecule has 0 bridgehead atoms. The molecule has 3 atom stereocenters. The number of carbonyl (C=O) groups is 1. The Morgan fingerprint density at radius 2 is 1.96 bits per heavy atom. The van der Waals surface area contributed by atoms with Gasteiger partial charge in [-0.1, -0.05) is 31.0 Å². The number of thiazole rings is 1. The van der Waals surface area contributed by atoms with Crippen LogP contribution in [0.2, 0.25) is 0 Å². The molecule has 4 rings (SSSR count). The molecule has 1 aromatic carbocycles. The van der Waals surface area contributed by atoms with Crippen LogP contribution in [0, 0.1) is 5.92 Å². The van der Waals surface area contributed by atoms with Gasteiger partial charge in [0.15, 0.2) is 5.13 Å². The van der Waals surface area contributed by atoms with Crippen molar-refractivity contribution in [1.29, 1.82) is 0 Å². The molecule has 2 aromatic rings. The fourth-order valence-corrected chi connectivity index (χ4v) is 6.60. The minimum atomic E-state index is -3.73. The fourth-order valence-electron chi connectivity index (χ4n) is 4.18. The van der Waals surface area contributed by atoms with Gasteiger partial charge in [-0.2, -0.15) is 4.31 Å². The van der Waals surface area contributed by atoms with Crippen molar-refractivity contribution in [3.05, 3.63) is 41.9 Å². The minimum absolute atomic E-state index is 0.0963. The van der Waals surface area contributed by atoms with Gasteiger partial charge in [-0.25, -0.2) is 13.4 Å². The van der Waals surface area contributed by atoms with Crippen LogP contribution in [-0.4, -0.2) is 35.7 Å². The maximum absolute atomic E-state index is 13.3. The highest BCUT2D eigenvalue weighted by Crippen LogP contribution is 2.43. The molecule has 138 valence electrons. The highest BCUT2D eigenvalue weighted by molar-refractivity contribution is 7.89. The van der Waals surface area contributed by atoms with Gasteiger partial charge in [-0.05, 0) is 37.3 Å². The van der Waals surface area contributed by atoms with Crippen molar-refractivity contribution in [2.24, 2.45) is 5.92 Å². The molecule has 1 aromatic heterocycles. The lowest BCUT2D eigenvalue weighted by atomic mass is 9.85. The van der Waals surface area contributed by atoms with Gasteiger partial charge in [0.1, 0.15) is 6.04 Å². The van der Waals surface area contributed by atoms with Crippen LogP contribution in [0.3, 0.4) is 0 Å². The first-order chi connectivity index (χ1) is 12.6. The predicted octanol–water partition coefficient (Wildman–Crippen LogP) is 3.10. The average Bonchev–Trinajstić information content (AvgIpc) is 3.29. The first kappa shape index (κ1) is 17.6. The standard InChI is InChI=1S/C18H21N3O3S2/c22-17(20-18-19-10-11-25-18)16-12-13-6-4-5-9-15(13)21(16)26(23,24)14-7-2-1-3-8-14/h1-3,7-8,10-11,13,15-16H,4-6,9,12H2,(H,19,20,22)/t13-,15-,16+/m1/s1. The summed E-state index contributed by atoms with van der Waals surface area (Å²) in [6, 6.07) is 7.64. The van der Waals surface area contributed by atoms with Crippen molar-refractivity contribution >= 4 is 32.4 Å². The van der Waals surface area contributed by atoms with Crippen molar-refractivity contribution in [3.8, 4) is 0 Å². The number of anilines is 1. The lowest BCUT2D eigenvalue weighted by Crippen LogP contribution is -2.47. The third kappa shape index (κ3) is 3.17. The molecule has 1 saturated heterocycles. The Balaban J connectivity index is 1.68. The maximum Gasteiger partial charge on any atom is 0.244 e. The quantitative estimate of drug-likeness (QED) is 0.869. The van der Waals surface area contributed by atoms with E-state index in [1.165, 1.54) is 15.6 Å². The van der Waals surface area contributed by atoms with E-state index in [2.05, 4.69) is 10.3 Å². The summed E-state index contributed by atoms with van der Waals surface area (Å²) in [7, 11) is -3.73. The number of nitrogens with zero attached hydrogens (tertiary/aromatic N) is 2. The summed E-state index contributed by atoms with van der Waals surface area (Å²) in [6.45, 7) is 0. The summed E-state index contributed by atoms with van der Waals surface area (Å²) in [4.78, 5) is 17.2. The number of amides is 1. The molecule has 0 radical (unpaired) electrons. The second-order valence-electron chi connectivity index (χ2n) is 6.84. The molecule has 2 aliphatic rings. The summed E-state index contributed by atoms with van der Waals surface area (Å²) < 4.78 is 28.2. The first-order valence-corrected chi connectivity index (χ1v) is 11.2. The van der Waals surface area contributed by atoms with Gasteiger partial charge >= 0.3 is 0 Å². The van der Waals surface area contributed by atoms with E-state index in [4.69, 9.17) is 0 Å². The summed E-state index contributed by atoms with van der Waals surface area (Å²) in [5.74, 6) is -0.0388. The van der Waals surface area contributed by atoms with Gasteiger partial charge in [0.2, 0.25) is 15.9 Å². The number of rotatable bonds is 4. The van der Waals surface area contributed by atoms with Gasteiger partial charge in [-0.15, -0.1) is 11.3 Å². The Morgan fingerprint density at radius 1 is 1.19 bits per heavy atom. The smallest absolute Gasteiger partial charge is 0.244 e. The molecular weight excluding hydrogens is 370 g/mol. The molecule has 2 heterocycles. The zero-order chi connectivity index (χ0) is 18.1. The van der Waals surface area contributed by atoms with E-state index in [-0.39, 0.29) is 22.8 Å². The Bertz CT molecular complexity index is 868. The lowest BCUT2D eigenvalue weighted by Gasteiger charge is -2.32. The molecule has 0 spiro atoms. The van der Waals surface area contributed by atoms with Gasteiger partial charge < -0.3 is 5.32 Å². The van der Waals surface area contributed by atoms with Crippen LogP contribution in [0.5, 0.6) is 0 Å². The highest BCUT2D eigenvalue weighted by atomic mass is 32.2. The third-order valence-corrected chi connectivity index (χ3v) is 7.95. The summed E-state index contributed by atoms with van der Waals surface area (Å²) in [6.07, 6.45) is 6.09. The number of hydrogen-bond acceptors (Lipinski definition) is 5. The molecule has 1 aliphatic carbocycles. The van der Waals surface area contributed by atoms with E-state index in [1.54, 1.807) is 41.9 Å². The van der Waals surface area contributed by atoms with E-state index in [0.29, 0.717) is 11.6 Å². The van der Waals surface area contributed by atoms with Gasteiger partial charge in [0.25, 0.3) is 0 Å². The zero-order valence-electron chi connectivity index (χ0n) is 14.2. The molecule has 26 heavy (non-hydrogen) atoms. The Labute approximate surface area is 157 Å². The number of benzene rings is 1. The van der Waals surface area contributed by atoms with Crippen molar-refractivity contribution in [2.75, 3.05) is 5.32 Å². The summed E-state index contributed by atoms with van der Waals surface area (Å²) >= 11 is 1.33. The molecule has 1 aliphatic heterocycles. The Kier molecular flexibility index (Phi) is 4.81. The van der Waals surface area contributed by atoms with E-state index in [0.717, 1.165) is 25.7 Å². The van der Waals surface area contributed by atoms with Crippen LogP contribution in [0.15, 0.2) is 46.8 Å². The van der Waals surface area contributed by atoms with Crippen molar-refractivity contribution < 1.29 is 13.2 Å². The van der Waals surface area contributed by atoms with Crippen LogP contribution in [0.4, 0.5) is 5.13 Å². The zero-order valence-corrected chi connectivity index (χ0v) is 15.9. The molecule has 2 fully saturated rings. The van der Waals surface area contributed by atoms with E-state index >= 15 is 0 Å². The number of hydrogen-bond donors (Lipinski definition) is 1. The van der Waals surface area contributed by atoms with E-state index in [1.807, 2.05) is 0 Å². The number of aromatic nitrogens is 1. The van der Waals surface area contributed by atoms with Gasteiger partial charge in [-0.3, -0.25) is 4.79 Å². The highest BCUT2D eigenvalue weighted by Gasteiger charge is 2.51. The maximum atomic E-state index is 13.3. The second-order valence-corrected chi connectivity index (χ2v) is 9.58. The first-order valence-electron chi connectivity index (χ1n) is 8.86. The van der Waals surface area contributed by atoms with Crippen molar-refractivity contribution in [2.45, 2.75) is 49.1 Å². The Hall–Kier alpha value is -1.77. The number of nitrogens with one attached hydrogen (secondary N) is 1. The van der Waals surface area contributed by atoms with Gasteiger partial charge in [0, 0.05) is 17.6 Å². The number of fused-ring (bicyclic) bond motifs is 1. The predicted molar refractivity (Wildman–Crippen MR) is 100 cm³/mol. The molecule has 0 unspecified atom stereocenters. The van der Waals surface area contributed by atoms with E-state index < -0.39 is 16.1 Å². The van der Waals surface area contributed by atoms with Gasteiger partial charge in [0.05, 0.1) is 4.90 Å². The monoisotopic (exact) mass is 391 g/mol. The molecule has 1 N–H and O–H groups in total. The molecule has 1 amide bonds. The summed E-state index contributed by atoms with van der Waals surface area (Å²) in [5.41, 5.74) is 0. The Morgan fingerprint density at radius 3 is 2.69 bits per heavy atom. The molecule has 8 heteroatoms. The van der Waals surface area contributed by atoms with E-state index in [9.17, 15) is 13.2 Å². The molecular formula is C18H21N3O3S2. The second kappa shape index (κ2) is 7.09. The SMILES string of the molecule is O=C(Nc1nccs1)[C@@H]1C[C@H]2CCCC[C@H]2N1S(=O)(=O)c1ccccc1. The lowest BCUT2D eigenvalue weighted by molar-refractivity contribution is -0.119. The molecule has 1 saturated carbocycles. The van der Waals surface area contributed by atoms with Crippen LogP contribution in [-0.2, 0) is 14.8 Å². The van der Waals surface area contributed by atoms with Crippen LogP contribution < -0.4 is 5.32 Å². The third-order valence-electron chi connectivity index (χ3n) is 5.31. The topological polar surface area (TPSA) is 79.4 Å².